The second kappa shape index (κ2) is 11.6. The highest BCUT2D eigenvalue weighted by Crippen LogP contribution is 2.76. The molecule has 5 rings (SSSR count). The second-order valence-corrected chi connectivity index (χ2v) is 16.8. The summed E-state index contributed by atoms with van der Waals surface area (Å²) in [5.74, 6) is -1.61. The number of hydrogen-bond donors (Lipinski definition) is 1. The zero-order valence-electron chi connectivity index (χ0n) is 29.5. The van der Waals surface area contributed by atoms with Gasteiger partial charge in [0.2, 0.25) is 0 Å². The molecule has 46 heavy (non-hydrogen) atoms. The average Bonchev–Trinajstić information content (AvgIpc) is 2.97. The fourth-order valence-corrected chi connectivity index (χ4v) is 11.7. The summed E-state index contributed by atoms with van der Waals surface area (Å²) < 4.78 is 22.9. The molecule has 0 aromatic heterocycles. The Morgan fingerprint density at radius 2 is 1.41 bits per heavy atom. The largest absolute Gasteiger partial charge is 0.469 e. The first-order chi connectivity index (χ1) is 21.3. The van der Waals surface area contributed by atoms with Crippen molar-refractivity contribution in [3.8, 4) is 0 Å². The van der Waals surface area contributed by atoms with Gasteiger partial charge in [0.25, 0.3) is 0 Å². The third-order valence-corrected chi connectivity index (χ3v) is 14.4. The highest BCUT2D eigenvalue weighted by molar-refractivity contribution is 5.79. The number of fused-ring (bicyclic) bond motifs is 7. The summed E-state index contributed by atoms with van der Waals surface area (Å²) in [6, 6.07) is 0. The lowest BCUT2D eigenvalue weighted by atomic mass is 9.33. The number of ether oxygens (including phenoxy) is 4. The van der Waals surface area contributed by atoms with Gasteiger partial charge in [0, 0.05) is 26.7 Å². The molecular formula is C37H56O9. The van der Waals surface area contributed by atoms with E-state index in [1.165, 1.54) is 33.5 Å². The molecule has 0 aromatic rings. The average molecular weight is 645 g/mol. The van der Waals surface area contributed by atoms with Gasteiger partial charge in [-0.1, -0.05) is 46.3 Å². The number of carbonyl (C=O) groups excluding carboxylic acids is 4. The smallest absolute Gasteiger partial charge is 0.312 e. The second-order valence-electron chi connectivity index (χ2n) is 16.8. The summed E-state index contributed by atoms with van der Waals surface area (Å²) >= 11 is 0. The third-order valence-electron chi connectivity index (χ3n) is 14.4. The Morgan fingerprint density at radius 1 is 0.804 bits per heavy atom. The van der Waals surface area contributed by atoms with Gasteiger partial charge in [-0.05, 0) is 91.3 Å². The van der Waals surface area contributed by atoms with Crippen molar-refractivity contribution in [2.45, 2.75) is 125 Å². The van der Waals surface area contributed by atoms with Gasteiger partial charge in [0.15, 0.2) is 0 Å². The molecule has 0 spiro atoms. The number of aliphatic hydroxyl groups is 1. The molecule has 9 atom stereocenters. The molecule has 5 aliphatic rings. The first kappa shape index (κ1) is 34.9. The number of aliphatic hydroxyl groups excluding tert-OH is 1. The lowest BCUT2D eigenvalue weighted by Gasteiger charge is -2.71. The SMILES string of the molecule is COC(=O)[C@]12CCC(C)(C)[C@@H](O)[C@H]1C1=CC[C@@H]3[C@@]4(C)CC[C@H](OC(C)=O)C(COC(C)=O)(COC(C)=O)[C@@H]4CC[C@@]3(C)[C@]1(C)CC2. The van der Waals surface area contributed by atoms with Crippen molar-refractivity contribution in [1.82, 2.24) is 0 Å². The van der Waals surface area contributed by atoms with Gasteiger partial charge in [-0.15, -0.1) is 0 Å². The minimum atomic E-state index is -0.890. The lowest BCUT2D eigenvalue weighted by Crippen LogP contribution is -2.68. The Bertz CT molecular complexity index is 1280. The maximum absolute atomic E-state index is 13.6. The maximum atomic E-state index is 13.6. The predicted molar refractivity (Wildman–Crippen MR) is 170 cm³/mol. The van der Waals surface area contributed by atoms with Crippen LogP contribution in [0.15, 0.2) is 11.6 Å². The van der Waals surface area contributed by atoms with Crippen molar-refractivity contribution in [3.63, 3.8) is 0 Å². The van der Waals surface area contributed by atoms with Crippen LogP contribution in [0.2, 0.25) is 0 Å². The molecule has 0 aliphatic heterocycles. The zero-order chi connectivity index (χ0) is 34.1. The van der Waals surface area contributed by atoms with E-state index in [1.54, 1.807) is 0 Å². The molecule has 0 bridgehead atoms. The van der Waals surface area contributed by atoms with E-state index in [0.29, 0.717) is 19.3 Å². The summed E-state index contributed by atoms with van der Waals surface area (Å²) in [6.45, 7) is 15.5. The molecule has 0 amide bonds. The molecule has 0 aromatic carbocycles. The Kier molecular flexibility index (Phi) is 8.82. The van der Waals surface area contributed by atoms with Gasteiger partial charge in [-0.25, -0.2) is 0 Å². The van der Waals surface area contributed by atoms with Crippen LogP contribution in [-0.2, 0) is 38.1 Å². The van der Waals surface area contributed by atoms with Gasteiger partial charge < -0.3 is 24.1 Å². The quantitative estimate of drug-likeness (QED) is 0.212. The molecule has 5 aliphatic carbocycles. The number of methoxy groups -OCH3 is 1. The van der Waals surface area contributed by atoms with Crippen molar-refractivity contribution < 1.29 is 43.2 Å². The molecule has 0 radical (unpaired) electrons. The number of carbonyl (C=O) groups is 4. The molecule has 0 heterocycles. The van der Waals surface area contributed by atoms with Crippen LogP contribution in [0, 0.1) is 50.2 Å². The van der Waals surface area contributed by atoms with Gasteiger partial charge in [-0.3, -0.25) is 19.2 Å². The van der Waals surface area contributed by atoms with Crippen LogP contribution in [0.1, 0.15) is 113 Å². The van der Waals surface area contributed by atoms with Crippen LogP contribution in [-0.4, -0.2) is 61.5 Å². The zero-order valence-corrected chi connectivity index (χ0v) is 29.5. The maximum Gasteiger partial charge on any atom is 0.312 e. The van der Waals surface area contributed by atoms with Crippen LogP contribution < -0.4 is 0 Å². The van der Waals surface area contributed by atoms with Gasteiger partial charge >= 0.3 is 23.9 Å². The predicted octanol–water partition coefficient (Wildman–Crippen LogP) is 5.95. The summed E-state index contributed by atoms with van der Waals surface area (Å²) in [6.07, 6.45) is 7.87. The van der Waals surface area contributed by atoms with Crippen molar-refractivity contribution in [1.29, 1.82) is 0 Å². The lowest BCUT2D eigenvalue weighted by molar-refractivity contribution is -0.243. The standard InChI is InChI=1S/C37H56O9/c1-22(38)44-20-37(21-45-23(2)39)27-12-15-35(8)26(33(27,6)14-13-28(37)46-24(3)40)11-10-25-29-30(41)32(4,5)16-18-36(29,31(42)43-9)19-17-34(25,35)7/h10,26-30,41H,11-21H2,1-9H3/t26-,27-,28+,29-,30+,33-,34-,35-,36+/m1/s1. The molecule has 258 valence electrons. The van der Waals surface area contributed by atoms with E-state index in [-0.39, 0.29) is 58.6 Å². The number of hydrogen-bond acceptors (Lipinski definition) is 9. The Balaban J connectivity index is 1.62. The summed E-state index contributed by atoms with van der Waals surface area (Å²) in [5, 5.41) is 12.0. The number of rotatable bonds is 6. The van der Waals surface area contributed by atoms with E-state index in [9.17, 15) is 24.3 Å². The monoisotopic (exact) mass is 644 g/mol. The van der Waals surface area contributed by atoms with Gasteiger partial charge in [0.1, 0.15) is 19.3 Å². The van der Waals surface area contributed by atoms with E-state index in [0.717, 1.165) is 38.5 Å². The Hall–Kier alpha value is -2.42. The molecule has 0 unspecified atom stereocenters. The molecule has 4 fully saturated rings. The summed E-state index contributed by atoms with van der Waals surface area (Å²) in [5.41, 5.74) is -1.41. The molecule has 1 N–H and O–H groups in total. The highest BCUT2D eigenvalue weighted by atomic mass is 16.6. The first-order valence-electron chi connectivity index (χ1n) is 17.3. The van der Waals surface area contributed by atoms with Crippen LogP contribution in [0.4, 0.5) is 0 Å². The van der Waals surface area contributed by atoms with Crippen LogP contribution in [0.25, 0.3) is 0 Å². The molecular weight excluding hydrogens is 588 g/mol. The first-order valence-corrected chi connectivity index (χ1v) is 17.3. The Labute approximate surface area is 274 Å². The number of allylic oxidation sites excluding steroid dienone is 1. The van der Waals surface area contributed by atoms with E-state index in [2.05, 4.69) is 40.7 Å². The van der Waals surface area contributed by atoms with Crippen molar-refractivity contribution >= 4 is 23.9 Å². The van der Waals surface area contributed by atoms with E-state index >= 15 is 0 Å². The topological polar surface area (TPSA) is 125 Å². The highest BCUT2D eigenvalue weighted by Gasteiger charge is 2.72. The summed E-state index contributed by atoms with van der Waals surface area (Å²) in [4.78, 5) is 50.4. The molecule has 0 saturated heterocycles. The van der Waals surface area contributed by atoms with Crippen LogP contribution in [0.3, 0.4) is 0 Å². The van der Waals surface area contributed by atoms with Gasteiger partial charge in [0.05, 0.1) is 24.0 Å². The van der Waals surface area contributed by atoms with Crippen molar-refractivity contribution in [2.75, 3.05) is 20.3 Å². The molecule has 9 nitrogen and oxygen atoms in total. The third kappa shape index (κ3) is 4.95. The van der Waals surface area contributed by atoms with Gasteiger partial charge in [-0.2, -0.15) is 0 Å². The van der Waals surface area contributed by atoms with E-state index in [4.69, 9.17) is 18.9 Å². The number of esters is 4. The minimum Gasteiger partial charge on any atom is -0.469 e. The fourth-order valence-electron chi connectivity index (χ4n) is 11.7. The minimum absolute atomic E-state index is 0.000602. The van der Waals surface area contributed by atoms with Crippen molar-refractivity contribution in [2.24, 2.45) is 50.2 Å². The fraction of sp³-hybridized carbons (Fsp3) is 0.838. The Morgan fingerprint density at radius 3 is 1.98 bits per heavy atom. The molecule has 4 saturated carbocycles. The van der Waals surface area contributed by atoms with E-state index in [1.807, 2.05) is 0 Å². The van der Waals surface area contributed by atoms with Crippen LogP contribution in [0.5, 0.6) is 0 Å². The normalized spacial score (nSPS) is 42.0. The van der Waals surface area contributed by atoms with Crippen LogP contribution >= 0.6 is 0 Å². The molecule has 9 heteroatoms. The van der Waals surface area contributed by atoms with E-state index < -0.39 is 40.9 Å². The van der Waals surface area contributed by atoms with Crippen molar-refractivity contribution in [3.05, 3.63) is 11.6 Å². The summed E-state index contributed by atoms with van der Waals surface area (Å²) in [7, 11) is 1.47.